The van der Waals surface area contributed by atoms with Crippen LogP contribution in [0.15, 0.2) is 30.3 Å². The highest BCUT2D eigenvalue weighted by molar-refractivity contribution is 5.68. The van der Waals surface area contributed by atoms with Gasteiger partial charge in [0.2, 0.25) is 0 Å². The summed E-state index contributed by atoms with van der Waals surface area (Å²) in [6, 6.07) is 11.1. The lowest BCUT2D eigenvalue weighted by molar-refractivity contribution is -0.0223. The second-order valence-corrected chi connectivity index (χ2v) is 7.51. The number of hydrogen-bond donors (Lipinski definition) is 0. The number of nitrogens with zero attached hydrogens (tertiary/aromatic N) is 3. The van der Waals surface area contributed by atoms with Gasteiger partial charge < -0.3 is 14.4 Å². The fourth-order valence-corrected chi connectivity index (χ4v) is 4.20. The van der Waals surface area contributed by atoms with Gasteiger partial charge in [-0.3, -0.25) is 9.80 Å². The van der Waals surface area contributed by atoms with Crippen molar-refractivity contribution in [1.29, 1.82) is 0 Å². The number of hydrogen-bond acceptors (Lipinski definition) is 5. The summed E-state index contributed by atoms with van der Waals surface area (Å²) in [6.07, 6.45) is 2.28. The Kier molecular flexibility index (Phi) is 5.72. The molecule has 3 fully saturated rings. The van der Waals surface area contributed by atoms with Crippen molar-refractivity contribution in [2.24, 2.45) is 0 Å². The maximum Gasteiger partial charge on any atom is 0.410 e. The average molecular weight is 359 g/mol. The van der Waals surface area contributed by atoms with Gasteiger partial charge in [0.1, 0.15) is 6.61 Å². The maximum atomic E-state index is 12.2. The van der Waals surface area contributed by atoms with Crippen molar-refractivity contribution in [3.05, 3.63) is 35.9 Å². The Labute approximate surface area is 155 Å². The third-order valence-electron chi connectivity index (χ3n) is 5.90. The molecular formula is C20H29N3O3. The van der Waals surface area contributed by atoms with E-state index >= 15 is 0 Å². The first-order valence-electron chi connectivity index (χ1n) is 9.81. The highest BCUT2D eigenvalue weighted by Gasteiger charge is 2.37. The van der Waals surface area contributed by atoms with Gasteiger partial charge in [0.25, 0.3) is 0 Å². The van der Waals surface area contributed by atoms with Gasteiger partial charge >= 0.3 is 6.09 Å². The van der Waals surface area contributed by atoms with E-state index in [1.165, 1.54) is 12.8 Å². The van der Waals surface area contributed by atoms with Crippen LogP contribution in [0.25, 0.3) is 0 Å². The molecule has 142 valence electrons. The van der Waals surface area contributed by atoms with Gasteiger partial charge in [0.15, 0.2) is 0 Å². The smallest absolute Gasteiger partial charge is 0.410 e. The van der Waals surface area contributed by atoms with E-state index in [2.05, 4.69) is 9.80 Å². The number of morpholine rings is 1. The summed E-state index contributed by atoms with van der Waals surface area (Å²) in [5.41, 5.74) is 1.03. The van der Waals surface area contributed by atoms with Crippen LogP contribution in [0, 0.1) is 0 Å². The number of benzene rings is 1. The van der Waals surface area contributed by atoms with Gasteiger partial charge in [-0.15, -0.1) is 0 Å². The molecule has 3 heterocycles. The summed E-state index contributed by atoms with van der Waals surface area (Å²) < 4.78 is 10.9. The van der Waals surface area contributed by atoms with Crippen molar-refractivity contribution in [2.45, 2.75) is 31.5 Å². The zero-order chi connectivity index (χ0) is 17.8. The lowest BCUT2D eigenvalue weighted by Gasteiger charge is -2.48. The van der Waals surface area contributed by atoms with E-state index in [0.29, 0.717) is 18.7 Å². The molecule has 4 rings (SSSR count). The van der Waals surface area contributed by atoms with Gasteiger partial charge in [-0.05, 0) is 18.4 Å². The van der Waals surface area contributed by atoms with Crippen LogP contribution in [-0.4, -0.2) is 85.4 Å². The summed E-state index contributed by atoms with van der Waals surface area (Å²) in [6.45, 7) is 8.15. The molecule has 0 N–H and O–H groups in total. The summed E-state index contributed by atoms with van der Waals surface area (Å²) in [5.74, 6) is 0. The molecule has 26 heavy (non-hydrogen) atoms. The number of carbonyl (C=O) groups is 1. The molecule has 1 amide bonds. The third kappa shape index (κ3) is 4.19. The number of piperidine rings is 1. The first-order valence-corrected chi connectivity index (χ1v) is 9.81. The normalized spacial score (nSPS) is 23.6. The molecule has 3 aliphatic heterocycles. The van der Waals surface area contributed by atoms with Crippen LogP contribution < -0.4 is 0 Å². The average Bonchev–Trinajstić information content (AvgIpc) is 2.67. The zero-order valence-corrected chi connectivity index (χ0v) is 15.4. The van der Waals surface area contributed by atoms with Crippen molar-refractivity contribution in [3.8, 4) is 0 Å². The van der Waals surface area contributed by atoms with Crippen LogP contribution in [0.3, 0.4) is 0 Å². The van der Waals surface area contributed by atoms with E-state index in [9.17, 15) is 4.79 Å². The Morgan fingerprint density at radius 3 is 2.31 bits per heavy atom. The van der Waals surface area contributed by atoms with Gasteiger partial charge in [0, 0.05) is 51.4 Å². The van der Waals surface area contributed by atoms with E-state index in [0.717, 1.165) is 58.0 Å². The Morgan fingerprint density at radius 2 is 1.62 bits per heavy atom. The lowest BCUT2D eigenvalue weighted by atomic mass is 9.98. The topological polar surface area (TPSA) is 45.2 Å². The Morgan fingerprint density at radius 1 is 0.962 bits per heavy atom. The van der Waals surface area contributed by atoms with Crippen molar-refractivity contribution in [2.75, 3.05) is 52.5 Å². The molecule has 0 saturated carbocycles. The summed E-state index contributed by atoms with van der Waals surface area (Å²) in [7, 11) is 0. The van der Waals surface area contributed by atoms with Crippen molar-refractivity contribution in [3.63, 3.8) is 0 Å². The van der Waals surface area contributed by atoms with Crippen molar-refractivity contribution in [1.82, 2.24) is 14.7 Å². The molecule has 1 aromatic carbocycles. The molecule has 0 atom stereocenters. The predicted molar refractivity (Wildman–Crippen MR) is 99.0 cm³/mol. The van der Waals surface area contributed by atoms with Gasteiger partial charge in [0.05, 0.1) is 13.2 Å². The van der Waals surface area contributed by atoms with Crippen LogP contribution in [-0.2, 0) is 16.1 Å². The highest BCUT2D eigenvalue weighted by atomic mass is 16.6. The Hall–Kier alpha value is -1.63. The SMILES string of the molecule is O=C(OCc1ccccc1)N1CC(N2CCC(N3CCOCC3)CC2)C1. The molecule has 3 saturated heterocycles. The van der Waals surface area contributed by atoms with Crippen LogP contribution in [0.2, 0.25) is 0 Å². The molecular weight excluding hydrogens is 330 g/mol. The number of carbonyl (C=O) groups excluding carboxylic acids is 1. The number of ether oxygens (including phenoxy) is 2. The summed E-state index contributed by atoms with van der Waals surface area (Å²) >= 11 is 0. The van der Waals surface area contributed by atoms with E-state index in [4.69, 9.17) is 9.47 Å². The van der Waals surface area contributed by atoms with Crippen molar-refractivity contribution < 1.29 is 14.3 Å². The monoisotopic (exact) mass is 359 g/mol. The highest BCUT2D eigenvalue weighted by Crippen LogP contribution is 2.23. The van der Waals surface area contributed by atoms with Crippen molar-refractivity contribution >= 4 is 6.09 Å². The van der Waals surface area contributed by atoms with E-state index in [1.807, 2.05) is 35.2 Å². The standard InChI is InChI=1S/C20H29N3O3/c24-20(26-16-17-4-2-1-3-5-17)23-14-19(15-23)21-8-6-18(7-9-21)22-10-12-25-13-11-22/h1-5,18-19H,6-16H2. The van der Waals surface area contributed by atoms with E-state index in [-0.39, 0.29) is 6.09 Å². The first-order chi connectivity index (χ1) is 12.8. The fraction of sp³-hybridized carbons (Fsp3) is 0.650. The minimum Gasteiger partial charge on any atom is -0.445 e. The minimum atomic E-state index is -0.187. The molecule has 0 aromatic heterocycles. The van der Waals surface area contributed by atoms with Gasteiger partial charge in [-0.25, -0.2) is 4.79 Å². The molecule has 0 bridgehead atoms. The second kappa shape index (κ2) is 8.37. The largest absolute Gasteiger partial charge is 0.445 e. The fourth-order valence-electron chi connectivity index (χ4n) is 4.20. The van der Waals surface area contributed by atoms with Gasteiger partial charge in [-0.2, -0.15) is 0 Å². The number of likely N-dealkylation sites (tertiary alicyclic amines) is 2. The predicted octanol–water partition coefficient (Wildman–Crippen LogP) is 1.80. The molecule has 0 radical (unpaired) electrons. The Bertz CT molecular complexity index is 577. The first kappa shape index (κ1) is 17.8. The zero-order valence-electron chi connectivity index (χ0n) is 15.4. The van der Waals surface area contributed by atoms with E-state index < -0.39 is 0 Å². The van der Waals surface area contributed by atoms with Crippen LogP contribution in [0.4, 0.5) is 4.79 Å². The van der Waals surface area contributed by atoms with Crippen LogP contribution >= 0.6 is 0 Å². The molecule has 0 spiro atoms. The second-order valence-electron chi connectivity index (χ2n) is 7.51. The van der Waals surface area contributed by atoms with Crippen LogP contribution in [0.5, 0.6) is 0 Å². The molecule has 3 aliphatic rings. The molecule has 0 aliphatic carbocycles. The van der Waals surface area contributed by atoms with Gasteiger partial charge in [-0.1, -0.05) is 30.3 Å². The third-order valence-corrected chi connectivity index (χ3v) is 5.90. The summed E-state index contributed by atoms with van der Waals surface area (Å²) in [4.78, 5) is 19.1. The molecule has 1 aromatic rings. The lowest BCUT2D eigenvalue weighted by Crippen LogP contribution is -2.63. The number of rotatable bonds is 4. The molecule has 6 heteroatoms. The Balaban J connectivity index is 1.15. The summed E-state index contributed by atoms with van der Waals surface area (Å²) in [5, 5.41) is 0. The van der Waals surface area contributed by atoms with E-state index in [1.54, 1.807) is 0 Å². The number of amides is 1. The van der Waals surface area contributed by atoms with Crippen LogP contribution in [0.1, 0.15) is 18.4 Å². The molecule has 0 unspecified atom stereocenters. The quantitative estimate of drug-likeness (QED) is 0.820. The maximum absolute atomic E-state index is 12.2. The minimum absolute atomic E-state index is 0.187. The molecule has 6 nitrogen and oxygen atoms in total.